The maximum absolute atomic E-state index is 4.58. The molecule has 19 heavy (non-hydrogen) atoms. The summed E-state index contributed by atoms with van der Waals surface area (Å²) in [5.41, 5.74) is 2.51. The van der Waals surface area contributed by atoms with Crippen LogP contribution in [0.15, 0.2) is 12.4 Å². The van der Waals surface area contributed by atoms with E-state index in [9.17, 15) is 0 Å². The van der Waals surface area contributed by atoms with Crippen LogP contribution in [0.25, 0.3) is 0 Å². The van der Waals surface area contributed by atoms with Crippen molar-refractivity contribution in [2.45, 2.75) is 46.2 Å². The van der Waals surface area contributed by atoms with Gasteiger partial charge in [-0.15, -0.1) is 11.3 Å². The van der Waals surface area contributed by atoms with Gasteiger partial charge in [-0.25, -0.2) is 4.98 Å². The molecule has 0 amide bonds. The molecule has 2 rings (SSSR count). The van der Waals surface area contributed by atoms with Crippen molar-refractivity contribution in [3.63, 3.8) is 0 Å². The van der Waals surface area contributed by atoms with Crippen molar-refractivity contribution in [3.8, 4) is 0 Å². The minimum absolute atomic E-state index is 0.0794. The van der Waals surface area contributed by atoms with Crippen LogP contribution in [0, 0.1) is 6.92 Å². The van der Waals surface area contributed by atoms with Crippen molar-refractivity contribution < 1.29 is 0 Å². The number of rotatable bonds is 4. The molecule has 0 bridgehead atoms. The zero-order chi connectivity index (χ0) is 14.0. The molecule has 104 valence electrons. The second-order valence-electron chi connectivity index (χ2n) is 5.89. The molecule has 0 saturated carbocycles. The maximum atomic E-state index is 4.58. The van der Waals surface area contributed by atoms with Gasteiger partial charge in [0.1, 0.15) is 5.01 Å². The smallest absolute Gasteiger partial charge is 0.107 e. The first-order chi connectivity index (χ1) is 8.86. The van der Waals surface area contributed by atoms with Crippen LogP contribution < -0.4 is 5.32 Å². The third-order valence-electron chi connectivity index (χ3n) is 2.88. The summed E-state index contributed by atoms with van der Waals surface area (Å²) in [5.74, 6) is 0. The van der Waals surface area contributed by atoms with Gasteiger partial charge < -0.3 is 5.32 Å². The molecule has 5 heteroatoms. The summed E-state index contributed by atoms with van der Waals surface area (Å²) in [6, 6.07) is 0. The van der Waals surface area contributed by atoms with E-state index in [0.29, 0.717) is 0 Å². The molecular formula is C14H22N4S. The molecular weight excluding hydrogens is 256 g/mol. The third-order valence-corrected chi connectivity index (χ3v) is 3.79. The van der Waals surface area contributed by atoms with Gasteiger partial charge in [0.15, 0.2) is 0 Å². The first-order valence-electron chi connectivity index (χ1n) is 6.51. The van der Waals surface area contributed by atoms with Crippen LogP contribution in [0.1, 0.15) is 41.9 Å². The van der Waals surface area contributed by atoms with E-state index in [1.54, 1.807) is 11.3 Å². The minimum atomic E-state index is 0.0794. The molecule has 0 saturated heterocycles. The molecule has 0 aliphatic carbocycles. The van der Waals surface area contributed by atoms with E-state index in [4.69, 9.17) is 0 Å². The van der Waals surface area contributed by atoms with E-state index >= 15 is 0 Å². The van der Waals surface area contributed by atoms with Gasteiger partial charge in [-0.1, -0.05) is 20.8 Å². The lowest BCUT2D eigenvalue weighted by Gasteiger charge is -2.17. The maximum Gasteiger partial charge on any atom is 0.107 e. The van der Waals surface area contributed by atoms with E-state index in [1.807, 2.05) is 17.9 Å². The molecule has 0 spiro atoms. The molecule has 0 atom stereocenters. The van der Waals surface area contributed by atoms with Crippen LogP contribution in [-0.4, -0.2) is 14.8 Å². The lowest BCUT2D eigenvalue weighted by molar-refractivity contribution is 0.543. The normalized spacial score (nSPS) is 12.1. The standard InChI is InChI=1S/C14H22N4S/c1-10-6-16-12(19-10)8-15-7-11-9-18(5)17-13(11)14(2,3)4/h6,9,15H,7-8H2,1-5H3. The van der Waals surface area contributed by atoms with Crippen LogP contribution in [0.5, 0.6) is 0 Å². The Labute approximate surface area is 118 Å². The summed E-state index contributed by atoms with van der Waals surface area (Å²) < 4.78 is 1.89. The summed E-state index contributed by atoms with van der Waals surface area (Å²) in [7, 11) is 1.98. The molecule has 2 aromatic rings. The monoisotopic (exact) mass is 278 g/mol. The summed E-state index contributed by atoms with van der Waals surface area (Å²) >= 11 is 1.74. The van der Waals surface area contributed by atoms with Crippen molar-refractivity contribution in [1.82, 2.24) is 20.1 Å². The quantitative estimate of drug-likeness (QED) is 0.935. The summed E-state index contributed by atoms with van der Waals surface area (Å²) in [6.07, 6.45) is 4.02. The van der Waals surface area contributed by atoms with Crippen LogP contribution in [-0.2, 0) is 25.6 Å². The average molecular weight is 278 g/mol. The highest BCUT2D eigenvalue weighted by Gasteiger charge is 2.21. The molecule has 1 N–H and O–H groups in total. The SMILES string of the molecule is Cc1cnc(CNCc2cn(C)nc2C(C)(C)C)s1. The Morgan fingerprint density at radius 2 is 2.05 bits per heavy atom. The Morgan fingerprint density at radius 3 is 2.63 bits per heavy atom. The van der Waals surface area contributed by atoms with Crippen LogP contribution in [0.2, 0.25) is 0 Å². The summed E-state index contributed by atoms with van der Waals surface area (Å²) in [6.45, 7) is 10.3. The highest BCUT2D eigenvalue weighted by molar-refractivity contribution is 7.11. The lowest BCUT2D eigenvalue weighted by Crippen LogP contribution is -2.19. The van der Waals surface area contributed by atoms with Crippen LogP contribution in [0.4, 0.5) is 0 Å². The van der Waals surface area contributed by atoms with E-state index in [0.717, 1.165) is 23.8 Å². The lowest BCUT2D eigenvalue weighted by atomic mass is 9.89. The van der Waals surface area contributed by atoms with Crippen molar-refractivity contribution >= 4 is 11.3 Å². The van der Waals surface area contributed by atoms with E-state index in [-0.39, 0.29) is 5.41 Å². The summed E-state index contributed by atoms with van der Waals surface area (Å²) in [5, 5.41) is 9.16. The highest BCUT2D eigenvalue weighted by Crippen LogP contribution is 2.24. The van der Waals surface area contributed by atoms with Gasteiger partial charge in [0.2, 0.25) is 0 Å². The predicted molar refractivity (Wildman–Crippen MR) is 79.3 cm³/mol. The zero-order valence-electron chi connectivity index (χ0n) is 12.3. The van der Waals surface area contributed by atoms with Gasteiger partial charge in [0.25, 0.3) is 0 Å². The van der Waals surface area contributed by atoms with Gasteiger partial charge in [-0.2, -0.15) is 5.10 Å². The van der Waals surface area contributed by atoms with Crippen LogP contribution in [0.3, 0.4) is 0 Å². The number of aryl methyl sites for hydroxylation is 2. The third kappa shape index (κ3) is 3.64. The van der Waals surface area contributed by atoms with Gasteiger partial charge in [0, 0.05) is 48.4 Å². The second kappa shape index (κ2) is 5.43. The van der Waals surface area contributed by atoms with E-state index in [1.165, 1.54) is 10.4 Å². The molecule has 0 aliphatic rings. The minimum Gasteiger partial charge on any atom is -0.306 e. The number of nitrogens with one attached hydrogen (secondary N) is 1. The topological polar surface area (TPSA) is 42.7 Å². The van der Waals surface area contributed by atoms with Gasteiger partial charge in [0.05, 0.1) is 5.69 Å². The second-order valence-corrected chi connectivity index (χ2v) is 7.21. The number of hydrogen-bond acceptors (Lipinski definition) is 4. The Hall–Kier alpha value is -1.20. The van der Waals surface area contributed by atoms with E-state index < -0.39 is 0 Å². The van der Waals surface area contributed by atoms with Gasteiger partial charge >= 0.3 is 0 Å². The van der Waals surface area contributed by atoms with Crippen molar-refractivity contribution in [2.24, 2.45) is 7.05 Å². The molecule has 2 heterocycles. The molecule has 4 nitrogen and oxygen atoms in total. The van der Waals surface area contributed by atoms with Gasteiger partial charge in [-0.3, -0.25) is 4.68 Å². The largest absolute Gasteiger partial charge is 0.306 e. The molecule has 2 aromatic heterocycles. The number of hydrogen-bond donors (Lipinski definition) is 1. The zero-order valence-corrected chi connectivity index (χ0v) is 13.1. The molecule has 0 aliphatic heterocycles. The molecule has 0 radical (unpaired) electrons. The predicted octanol–water partition coefficient (Wildman–Crippen LogP) is 2.77. The first-order valence-corrected chi connectivity index (χ1v) is 7.33. The Kier molecular flexibility index (Phi) is 4.06. The summed E-state index contributed by atoms with van der Waals surface area (Å²) in [4.78, 5) is 5.62. The fraction of sp³-hybridized carbons (Fsp3) is 0.571. The van der Waals surface area contributed by atoms with Gasteiger partial charge in [-0.05, 0) is 6.92 Å². The first kappa shape index (κ1) is 14.2. The van der Waals surface area contributed by atoms with Crippen molar-refractivity contribution in [1.29, 1.82) is 0 Å². The molecule has 0 fully saturated rings. The number of thiazole rings is 1. The fourth-order valence-electron chi connectivity index (χ4n) is 2.09. The van der Waals surface area contributed by atoms with Crippen LogP contribution >= 0.6 is 11.3 Å². The van der Waals surface area contributed by atoms with Crippen molar-refractivity contribution in [3.05, 3.63) is 33.5 Å². The molecule has 0 aromatic carbocycles. The number of nitrogens with zero attached hydrogens (tertiary/aromatic N) is 3. The fourth-order valence-corrected chi connectivity index (χ4v) is 2.84. The van der Waals surface area contributed by atoms with E-state index in [2.05, 4.69) is 49.3 Å². The van der Waals surface area contributed by atoms with Crippen molar-refractivity contribution in [2.75, 3.05) is 0 Å². The number of aromatic nitrogens is 3. The highest BCUT2D eigenvalue weighted by atomic mass is 32.1. The Morgan fingerprint density at radius 1 is 1.32 bits per heavy atom. The average Bonchev–Trinajstić information content (AvgIpc) is 2.85. The Balaban J connectivity index is 2.00. The Bertz CT molecular complexity index is 548. The molecule has 0 unspecified atom stereocenters.